The molecule has 4 rings (SSSR count). The van der Waals surface area contributed by atoms with E-state index in [1.54, 1.807) is 24.2 Å². The van der Waals surface area contributed by atoms with Crippen LogP contribution in [0.15, 0.2) is 24.8 Å². The number of alkyl halides is 2. The molecule has 1 aliphatic rings. The Bertz CT molecular complexity index is 1060. The van der Waals surface area contributed by atoms with Crippen LogP contribution in [0.2, 0.25) is 0 Å². The number of carbonyl (C=O) groups is 1. The second-order valence-electron chi connectivity index (χ2n) is 7.86. The van der Waals surface area contributed by atoms with Gasteiger partial charge in [-0.1, -0.05) is 7.43 Å². The van der Waals surface area contributed by atoms with Gasteiger partial charge in [0, 0.05) is 44.2 Å². The molecule has 0 radical (unpaired) electrons. The van der Waals surface area contributed by atoms with Gasteiger partial charge in [0.1, 0.15) is 6.54 Å². The van der Waals surface area contributed by atoms with Gasteiger partial charge in [-0.3, -0.25) is 9.48 Å². The summed E-state index contributed by atoms with van der Waals surface area (Å²) in [6, 6.07) is 0. The summed E-state index contributed by atoms with van der Waals surface area (Å²) in [5.74, 6) is 1.71. The first-order valence-electron chi connectivity index (χ1n) is 10.5. The predicted molar refractivity (Wildman–Crippen MR) is 126 cm³/mol. The van der Waals surface area contributed by atoms with Crippen LogP contribution in [0.5, 0.6) is 0 Å². The third-order valence-electron chi connectivity index (χ3n) is 5.41. The number of hydrogen-bond acceptors (Lipinski definition) is 7. The summed E-state index contributed by atoms with van der Waals surface area (Å²) in [5.41, 5.74) is 1.22. The van der Waals surface area contributed by atoms with E-state index in [0.29, 0.717) is 36.2 Å². The molecule has 1 amide bonds. The lowest BCUT2D eigenvalue weighted by Crippen LogP contribution is -2.41. The molecule has 4 heterocycles. The summed E-state index contributed by atoms with van der Waals surface area (Å²) in [5, 5.41) is 12.2. The van der Waals surface area contributed by atoms with Crippen molar-refractivity contribution >= 4 is 40.3 Å². The molecule has 1 atom stereocenters. The molecular weight excluding hydrogens is 450 g/mol. The minimum Gasteiger partial charge on any atom is -0.342 e. The zero-order valence-corrected chi connectivity index (χ0v) is 18.6. The molecule has 33 heavy (non-hydrogen) atoms. The van der Waals surface area contributed by atoms with Crippen molar-refractivity contribution in [3.8, 4) is 0 Å². The highest BCUT2D eigenvalue weighted by molar-refractivity contribution is 7.98. The van der Waals surface area contributed by atoms with Gasteiger partial charge in [-0.2, -0.15) is 26.9 Å². The molecule has 0 aromatic carbocycles. The molecular formula is C21H30F2N8OS. The maximum Gasteiger partial charge on any atom is 0.257 e. The molecule has 0 spiro atoms. The normalized spacial score (nSPS) is 16.2. The number of likely N-dealkylation sites (tertiary alicyclic amines) is 1. The van der Waals surface area contributed by atoms with Crippen molar-refractivity contribution in [3.05, 3.63) is 24.8 Å². The van der Waals surface area contributed by atoms with Crippen molar-refractivity contribution in [2.45, 2.75) is 46.2 Å². The molecule has 1 unspecified atom stereocenters. The number of rotatable bonds is 9. The van der Waals surface area contributed by atoms with Gasteiger partial charge in [0.05, 0.1) is 23.5 Å². The summed E-state index contributed by atoms with van der Waals surface area (Å²) in [7, 11) is 0. The minimum atomic E-state index is -2.47. The Kier molecular flexibility index (Phi) is 8.59. The van der Waals surface area contributed by atoms with Gasteiger partial charge >= 0.3 is 0 Å². The number of nitrogens with zero attached hydrogens (tertiary/aromatic N) is 7. The Morgan fingerprint density at radius 2 is 2.15 bits per heavy atom. The summed E-state index contributed by atoms with van der Waals surface area (Å²) >= 11 is 1.69. The first-order chi connectivity index (χ1) is 15.5. The molecule has 9 nitrogen and oxygen atoms in total. The van der Waals surface area contributed by atoms with Crippen molar-refractivity contribution in [2.75, 3.05) is 30.4 Å². The van der Waals surface area contributed by atoms with Crippen LogP contribution in [0.25, 0.3) is 11.0 Å². The smallest absolute Gasteiger partial charge is 0.257 e. The number of anilines is 2. The largest absolute Gasteiger partial charge is 0.342 e. The number of hydrogen-bond donors (Lipinski definition) is 1. The van der Waals surface area contributed by atoms with Crippen molar-refractivity contribution in [1.29, 1.82) is 0 Å². The van der Waals surface area contributed by atoms with Gasteiger partial charge in [-0.15, -0.1) is 0 Å². The fourth-order valence-electron chi connectivity index (χ4n) is 3.89. The molecule has 180 valence electrons. The second-order valence-corrected chi connectivity index (χ2v) is 8.84. The fraction of sp³-hybridized carbons (Fsp3) is 0.571. The van der Waals surface area contributed by atoms with E-state index in [1.807, 2.05) is 15.8 Å². The molecule has 3 aromatic rings. The minimum absolute atomic E-state index is 0. The zero-order valence-electron chi connectivity index (χ0n) is 17.8. The van der Waals surface area contributed by atoms with Gasteiger partial charge < -0.3 is 10.2 Å². The Labute approximate surface area is 195 Å². The number of halogens is 2. The summed E-state index contributed by atoms with van der Waals surface area (Å²) in [6.07, 6.45) is 8.48. The first-order valence-corrected chi connectivity index (χ1v) is 11.9. The Hall–Kier alpha value is -2.76. The van der Waals surface area contributed by atoms with E-state index in [-0.39, 0.29) is 13.3 Å². The topological polar surface area (TPSA) is 93.8 Å². The zero-order chi connectivity index (χ0) is 22.5. The number of fused-ring (bicyclic) bond motifs is 1. The maximum absolute atomic E-state index is 12.5. The molecule has 1 N–H and O–H groups in total. The van der Waals surface area contributed by atoms with E-state index >= 15 is 0 Å². The predicted octanol–water partition coefficient (Wildman–Crippen LogP) is 3.66. The third-order valence-corrected chi connectivity index (χ3v) is 6.03. The number of amides is 1. The van der Waals surface area contributed by atoms with Gasteiger partial charge in [0.25, 0.3) is 6.43 Å². The fourth-order valence-corrected chi connectivity index (χ4v) is 4.27. The standard InChI is InChI=1S/C20H26F2N8OS.CH4/c1-32-6-4-18(31)28-5-2-3-14(10-28)11-30-19-15(8-25-30)7-23-20(27-19)26-16-9-24-29(12-16)13-17(21)22;/h7-9,12,14,17H,2-6,10-11,13H2,1H3,(H,23,26,27);1H4. The molecule has 12 heteroatoms. The highest BCUT2D eigenvalue weighted by Crippen LogP contribution is 2.22. The lowest BCUT2D eigenvalue weighted by Gasteiger charge is -2.32. The quantitative estimate of drug-likeness (QED) is 0.500. The van der Waals surface area contributed by atoms with Gasteiger partial charge in [0.15, 0.2) is 5.65 Å². The maximum atomic E-state index is 12.5. The van der Waals surface area contributed by atoms with Crippen LogP contribution >= 0.6 is 11.8 Å². The molecule has 0 saturated carbocycles. The average Bonchev–Trinajstić information content (AvgIpc) is 3.38. The number of nitrogens with one attached hydrogen (secondary N) is 1. The molecule has 3 aromatic heterocycles. The van der Waals surface area contributed by atoms with Crippen LogP contribution in [-0.4, -0.2) is 71.9 Å². The van der Waals surface area contributed by atoms with Crippen molar-refractivity contribution in [2.24, 2.45) is 5.92 Å². The highest BCUT2D eigenvalue weighted by atomic mass is 32.2. The molecule has 1 saturated heterocycles. The highest BCUT2D eigenvalue weighted by Gasteiger charge is 2.24. The van der Waals surface area contributed by atoms with E-state index in [2.05, 4.69) is 25.5 Å². The van der Waals surface area contributed by atoms with Crippen LogP contribution in [0, 0.1) is 5.92 Å². The summed E-state index contributed by atoms with van der Waals surface area (Å²) in [4.78, 5) is 23.2. The Balaban J connectivity index is 0.00000306. The lowest BCUT2D eigenvalue weighted by atomic mass is 9.98. The molecule has 1 aliphatic heterocycles. The van der Waals surface area contributed by atoms with E-state index in [4.69, 9.17) is 0 Å². The van der Waals surface area contributed by atoms with Crippen molar-refractivity contribution in [3.63, 3.8) is 0 Å². The number of carbonyl (C=O) groups excluding carboxylic acids is 1. The van der Waals surface area contributed by atoms with E-state index < -0.39 is 13.0 Å². The third kappa shape index (κ3) is 6.40. The number of aromatic nitrogens is 6. The Morgan fingerprint density at radius 1 is 1.30 bits per heavy atom. The summed E-state index contributed by atoms with van der Waals surface area (Å²) in [6.45, 7) is 1.75. The van der Waals surface area contributed by atoms with Crippen LogP contribution in [-0.2, 0) is 17.9 Å². The van der Waals surface area contributed by atoms with Crippen LogP contribution < -0.4 is 5.32 Å². The first kappa shape index (κ1) is 24.9. The second kappa shape index (κ2) is 11.4. The SMILES string of the molecule is C.CSCCC(=O)N1CCCC(Cn2ncc3cnc(Nc4cnn(CC(F)F)c4)nc32)C1. The van der Waals surface area contributed by atoms with E-state index in [9.17, 15) is 13.6 Å². The van der Waals surface area contributed by atoms with E-state index in [0.717, 1.165) is 37.1 Å². The molecule has 0 bridgehead atoms. The van der Waals surface area contributed by atoms with Crippen LogP contribution in [0.1, 0.15) is 26.7 Å². The monoisotopic (exact) mass is 480 g/mol. The number of thioether (sulfide) groups is 1. The lowest BCUT2D eigenvalue weighted by molar-refractivity contribution is -0.132. The Morgan fingerprint density at radius 3 is 2.94 bits per heavy atom. The average molecular weight is 481 g/mol. The molecule has 0 aliphatic carbocycles. The van der Waals surface area contributed by atoms with Crippen molar-refractivity contribution in [1.82, 2.24) is 34.4 Å². The van der Waals surface area contributed by atoms with Gasteiger partial charge in [-0.25, -0.2) is 18.4 Å². The van der Waals surface area contributed by atoms with Crippen LogP contribution in [0.3, 0.4) is 0 Å². The summed E-state index contributed by atoms with van der Waals surface area (Å²) < 4.78 is 28.1. The van der Waals surface area contributed by atoms with E-state index in [1.165, 1.54) is 17.1 Å². The van der Waals surface area contributed by atoms with Gasteiger partial charge in [-0.05, 0) is 25.0 Å². The van der Waals surface area contributed by atoms with Crippen molar-refractivity contribution < 1.29 is 13.6 Å². The van der Waals surface area contributed by atoms with Gasteiger partial charge in [0.2, 0.25) is 11.9 Å². The number of piperidine rings is 1. The van der Waals surface area contributed by atoms with Crippen LogP contribution in [0.4, 0.5) is 20.4 Å². The molecule has 1 fully saturated rings.